The van der Waals surface area contributed by atoms with Gasteiger partial charge in [0.1, 0.15) is 5.78 Å². The van der Waals surface area contributed by atoms with E-state index in [-0.39, 0.29) is 36.5 Å². The van der Waals surface area contributed by atoms with E-state index in [1.54, 1.807) is 0 Å². The number of nitrogens with one attached hydrogen (secondary N) is 3. The number of aromatic nitrogens is 1. The number of fused-ring (bicyclic) bond motifs is 2. The predicted molar refractivity (Wildman–Crippen MR) is 115 cm³/mol. The molecule has 0 aliphatic heterocycles. The van der Waals surface area contributed by atoms with Crippen molar-refractivity contribution in [2.75, 3.05) is 11.1 Å². The fourth-order valence-corrected chi connectivity index (χ4v) is 3.59. The number of ketones is 1. The Morgan fingerprint density at radius 1 is 1.21 bits per heavy atom. The molecule has 150 valence electrons. The summed E-state index contributed by atoms with van der Waals surface area (Å²) >= 11 is 3.92. The second kappa shape index (κ2) is 9.89. The molecule has 6 nitrogen and oxygen atoms in total. The lowest BCUT2D eigenvalue weighted by molar-refractivity contribution is -0.125. The summed E-state index contributed by atoms with van der Waals surface area (Å²) < 4.78 is 0. The van der Waals surface area contributed by atoms with Gasteiger partial charge >= 0.3 is 0 Å². The van der Waals surface area contributed by atoms with Gasteiger partial charge in [0.05, 0.1) is 11.7 Å². The quantitative estimate of drug-likeness (QED) is 0.295. The average Bonchev–Trinajstić information content (AvgIpc) is 2.73. The molecule has 0 bridgehead atoms. The molecule has 0 fully saturated rings. The smallest absolute Gasteiger partial charge is 0.234 e. The highest BCUT2D eigenvalue weighted by Crippen LogP contribution is 2.28. The summed E-state index contributed by atoms with van der Waals surface area (Å²) in [5, 5.41) is 4.57. The molecule has 1 unspecified atom stereocenters. The van der Waals surface area contributed by atoms with Gasteiger partial charge in [-0.3, -0.25) is 20.0 Å². The third-order valence-electron chi connectivity index (χ3n) is 5.07. The van der Waals surface area contributed by atoms with Gasteiger partial charge in [-0.25, -0.2) is 5.43 Å². The lowest BCUT2D eigenvalue weighted by atomic mass is 9.94. The van der Waals surface area contributed by atoms with E-state index in [1.165, 1.54) is 24.1 Å². The lowest BCUT2D eigenvalue weighted by Crippen LogP contribution is -2.47. The van der Waals surface area contributed by atoms with E-state index >= 15 is 0 Å². The Kier molecular flexibility index (Phi) is 7.28. The van der Waals surface area contributed by atoms with E-state index in [0.717, 1.165) is 35.9 Å². The highest BCUT2D eigenvalue weighted by Gasteiger charge is 2.15. The van der Waals surface area contributed by atoms with Crippen molar-refractivity contribution in [2.24, 2.45) is 0 Å². The fraction of sp³-hybridized carbons (Fsp3) is 0.476. The van der Waals surface area contributed by atoms with Crippen molar-refractivity contribution in [3.05, 3.63) is 35.5 Å². The molecule has 1 aromatic heterocycles. The van der Waals surface area contributed by atoms with Crippen molar-refractivity contribution in [3.63, 3.8) is 0 Å². The van der Waals surface area contributed by atoms with Crippen molar-refractivity contribution >= 4 is 40.9 Å². The summed E-state index contributed by atoms with van der Waals surface area (Å²) in [6, 6.07) is 8.34. The molecule has 1 aromatic carbocycles. The maximum atomic E-state index is 11.9. The average molecular weight is 401 g/mol. The molecule has 0 spiro atoms. The zero-order valence-electron chi connectivity index (χ0n) is 16.3. The Morgan fingerprint density at radius 2 is 2.04 bits per heavy atom. The van der Waals surface area contributed by atoms with E-state index in [4.69, 9.17) is 4.98 Å². The zero-order valence-corrected chi connectivity index (χ0v) is 17.1. The first-order chi connectivity index (χ1) is 13.6. The third kappa shape index (κ3) is 5.23. The number of aryl methyl sites for hydroxylation is 2. The van der Waals surface area contributed by atoms with Gasteiger partial charge < -0.3 is 5.32 Å². The number of pyridine rings is 1. The maximum Gasteiger partial charge on any atom is 0.234 e. The number of hydrogen-bond donors (Lipinski definition) is 4. The van der Waals surface area contributed by atoms with Gasteiger partial charge in [-0.1, -0.05) is 13.0 Å². The summed E-state index contributed by atoms with van der Waals surface area (Å²) in [5.74, 6) is -0.0714. The normalized spacial score (nSPS) is 14.4. The Balaban J connectivity index is 1.66. The zero-order chi connectivity index (χ0) is 19.9. The number of nitrogens with zero attached hydrogens (tertiary/aromatic N) is 1. The van der Waals surface area contributed by atoms with Crippen LogP contribution in [0.15, 0.2) is 24.3 Å². The van der Waals surface area contributed by atoms with Gasteiger partial charge in [0.15, 0.2) is 0 Å². The van der Waals surface area contributed by atoms with Crippen LogP contribution in [0.5, 0.6) is 0 Å². The van der Waals surface area contributed by atoms with Crippen LogP contribution in [0.3, 0.4) is 0 Å². The van der Waals surface area contributed by atoms with E-state index in [1.807, 2.05) is 25.1 Å². The highest BCUT2D eigenvalue weighted by atomic mass is 32.1. The molecular weight excluding hydrogens is 372 g/mol. The topological polar surface area (TPSA) is 83.1 Å². The van der Waals surface area contributed by atoms with Crippen LogP contribution in [0.1, 0.15) is 50.3 Å². The van der Waals surface area contributed by atoms with E-state index < -0.39 is 0 Å². The first-order valence-corrected chi connectivity index (χ1v) is 10.6. The predicted octanol–water partition coefficient (Wildman–Crippen LogP) is 3.16. The van der Waals surface area contributed by atoms with Crippen molar-refractivity contribution < 1.29 is 9.59 Å². The standard InChI is InChI=1S/C21H28N4O2S/c1-2-20(24-25-21(27)11-10-15(26)13-28)23-19-9-5-8-18-16(19)12-14-6-3-4-7-17(14)22-18/h5,8-9,12,20,23-24,28H,2-4,6-7,10-11,13H2,1H3,(H,25,27). The number of hydrogen-bond acceptors (Lipinski definition) is 6. The number of anilines is 1. The van der Waals surface area contributed by atoms with Gasteiger partial charge in [0.2, 0.25) is 5.91 Å². The molecule has 3 N–H and O–H groups in total. The number of Topliss-reactive ketones (excluding diaryl/α,β-unsaturated/α-hetero) is 1. The molecule has 1 amide bonds. The first-order valence-electron chi connectivity index (χ1n) is 9.95. The second-order valence-electron chi connectivity index (χ2n) is 7.17. The van der Waals surface area contributed by atoms with Gasteiger partial charge in [-0.05, 0) is 55.9 Å². The number of benzene rings is 1. The number of hydrazine groups is 1. The van der Waals surface area contributed by atoms with Crippen molar-refractivity contribution in [1.82, 2.24) is 15.8 Å². The van der Waals surface area contributed by atoms with Gasteiger partial charge in [0, 0.05) is 35.4 Å². The Morgan fingerprint density at radius 3 is 2.82 bits per heavy atom. The number of carbonyl (C=O) groups excluding carboxylic acids is 2. The first kappa shape index (κ1) is 20.6. The summed E-state index contributed by atoms with van der Waals surface area (Å²) in [6.45, 7) is 2.03. The molecule has 3 rings (SSSR count). The third-order valence-corrected chi connectivity index (χ3v) is 5.42. The molecular formula is C21H28N4O2S. The highest BCUT2D eigenvalue weighted by molar-refractivity contribution is 7.81. The maximum absolute atomic E-state index is 11.9. The molecule has 1 aliphatic carbocycles. The molecule has 0 radical (unpaired) electrons. The van der Waals surface area contributed by atoms with E-state index in [0.29, 0.717) is 0 Å². The summed E-state index contributed by atoms with van der Waals surface area (Å²) in [6.07, 6.45) is 5.58. The van der Waals surface area contributed by atoms with E-state index in [9.17, 15) is 9.59 Å². The molecule has 2 aromatic rings. The monoisotopic (exact) mass is 400 g/mol. The van der Waals surface area contributed by atoms with Crippen molar-refractivity contribution in [2.45, 2.75) is 58.0 Å². The molecule has 1 atom stereocenters. The van der Waals surface area contributed by atoms with Crippen LogP contribution in [0.2, 0.25) is 0 Å². The van der Waals surface area contributed by atoms with Crippen LogP contribution < -0.4 is 16.2 Å². The van der Waals surface area contributed by atoms with Gasteiger partial charge in [-0.2, -0.15) is 12.6 Å². The minimum Gasteiger partial charge on any atom is -0.368 e. The van der Waals surface area contributed by atoms with Crippen LogP contribution in [0, 0.1) is 0 Å². The Hall–Kier alpha value is -2.12. The molecule has 0 saturated carbocycles. The second-order valence-corrected chi connectivity index (χ2v) is 7.48. The number of amides is 1. The van der Waals surface area contributed by atoms with Crippen molar-refractivity contribution in [3.8, 4) is 0 Å². The summed E-state index contributed by atoms with van der Waals surface area (Å²) in [4.78, 5) is 28.1. The van der Waals surface area contributed by atoms with Gasteiger partial charge in [0.25, 0.3) is 0 Å². The molecule has 28 heavy (non-hydrogen) atoms. The van der Waals surface area contributed by atoms with Gasteiger partial charge in [-0.15, -0.1) is 0 Å². The molecule has 7 heteroatoms. The van der Waals surface area contributed by atoms with E-state index in [2.05, 4.69) is 34.9 Å². The lowest BCUT2D eigenvalue weighted by Gasteiger charge is -2.22. The minimum absolute atomic E-state index is 0.0322. The summed E-state index contributed by atoms with van der Waals surface area (Å²) in [5.41, 5.74) is 10.3. The number of thiol groups is 1. The molecule has 1 aliphatic rings. The van der Waals surface area contributed by atoms with Crippen LogP contribution >= 0.6 is 12.6 Å². The number of carbonyl (C=O) groups is 2. The number of rotatable bonds is 9. The fourth-order valence-electron chi connectivity index (χ4n) is 3.43. The van der Waals surface area contributed by atoms with Crippen LogP contribution in [-0.2, 0) is 22.4 Å². The van der Waals surface area contributed by atoms with Crippen molar-refractivity contribution in [1.29, 1.82) is 0 Å². The minimum atomic E-state index is -0.205. The Labute approximate surface area is 171 Å². The van der Waals surface area contributed by atoms with Crippen LogP contribution in [0.4, 0.5) is 5.69 Å². The Bertz CT molecular complexity index is 856. The summed E-state index contributed by atoms with van der Waals surface area (Å²) in [7, 11) is 0. The molecule has 1 heterocycles. The van der Waals surface area contributed by atoms with Crippen LogP contribution in [-0.4, -0.2) is 28.6 Å². The molecule has 0 saturated heterocycles. The largest absolute Gasteiger partial charge is 0.368 e. The van der Waals surface area contributed by atoms with Crippen LogP contribution in [0.25, 0.3) is 10.9 Å². The SMILES string of the molecule is CCC(NNC(=O)CCC(=O)CS)Nc1cccc2nc3c(cc12)CCCC3.